The summed E-state index contributed by atoms with van der Waals surface area (Å²) in [4.78, 5) is 22.8. The number of para-hydroxylation sites is 1. The fraction of sp³-hybridized carbons (Fsp3) is 0.333. The van der Waals surface area contributed by atoms with E-state index in [2.05, 4.69) is 10.6 Å². The van der Waals surface area contributed by atoms with Crippen LogP contribution in [-0.4, -0.2) is 18.6 Å². The topological polar surface area (TPSA) is 67.4 Å². The number of fused-ring (bicyclic) bond motifs is 1. The average Bonchev–Trinajstić information content (AvgIpc) is 2.29. The maximum absolute atomic E-state index is 11.4. The number of carbonyl (C=O) groups excluding carboxylic acids is 2. The molecule has 1 aromatic carbocycles. The van der Waals surface area contributed by atoms with E-state index < -0.39 is 0 Å². The number of anilines is 1. The Hall–Kier alpha value is -2.04. The van der Waals surface area contributed by atoms with Gasteiger partial charge in [0.25, 0.3) is 0 Å². The van der Waals surface area contributed by atoms with Crippen LogP contribution < -0.4 is 10.6 Å². The molecule has 0 radical (unpaired) electrons. The zero-order valence-corrected chi connectivity index (χ0v) is 9.53. The molecule has 1 heterocycles. The summed E-state index contributed by atoms with van der Waals surface area (Å²) in [6.07, 6.45) is 0.151. The summed E-state index contributed by atoms with van der Waals surface area (Å²) in [5, 5.41) is 5.40. The van der Waals surface area contributed by atoms with Crippen molar-refractivity contribution < 1.29 is 14.3 Å². The maximum Gasteiger partial charge on any atom is 0.319 e. The van der Waals surface area contributed by atoms with Crippen molar-refractivity contribution in [3.63, 3.8) is 0 Å². The molecule has 2 rings (SSSR count). The molecule has 1 unspecified atom stereocenters. The van der Waals surface area contributed by atoms with E-state index in [1.54, 1.807) is 6.92 Å². The summed E-state index contributed by atoms with van der Waals surface area (Å²) in [7, 11) is 0. The van der Waals surface area contributed by atoms with Crippen LogP contribution in [0.2, 0.25) is 0 Å². The van der Waals surface area contributed by atoms with Gasteiger partial charge >= 0.3 is 12.0 Å². The van der Waals surface area contributed by atoms with E-state index in [1.165, 1.54) is 0 Å². The first kappa shape index (κ1) is 11.4. The van der Waals surface area contributed by atoms with E-state index in [9.17, 15) is 9.59 Å². The fourth-order valence-electron chi connectivity index (χ4n) is 1.86. The number of amides is 2. The van der Waals surface area contributed by atoms with Crippen LogP contribution in [0.1, 0.15) is 24.9 Å². The lowest BCUT2D eigenvalue weighted by Gasteiger charge is -2.26. The highest BCUT2D eigenvalue weighted by atomic mass is 16.5. The number of carbonyl (C=O) groups is 2. The number of benzene rings is 1. The number of rotatable bonds is 3. The van der Waals surface area contributed by atoms with Gasteiger partial charge in [-0.2, -0.15) is 0 Å². The molecule has 5 nitrogen and oxygen atoms in total. The summed E-state index contributed by atoms with van der Waals surface area (Å²) < 4.78 is 4.88. The maximum atomic E-state index is 11.4. The molecule has 1 aliphatic heterocycles. The first-order chi connectivity index (χ1) is 8.20. The van der Waals surface area contributed by atoms with Crippen LogP contribution in [0.3, 0.4) is 0 Å². The number of ether oxygens (including phenoxy) is 1. The Bertz CT molecular complexity index is 445. The van der Waals surface area contributed by atoms with Gasteiger partial charge in [-0.15, -0.1) is 0 Å². The highest BCUT2D eigenvalue weighted by molar-refractivity contribution is 5.93. The highest BCUT2D eigenvalue weighted by Crippen LogP contribution is 2.28. The van der Waals surface area contributed by atoms with Crippen molar-refractivity contribution >= 4 is 17.7 Å². The summed E-state index contributed by atoms with van der Waals surface area (Å²) in [5.74, 6) is -0.311. The molecule has 1 aliphatic rings. The van der Waals surface area contributed by atoms with Gasteiger partial charge in [0, 0.05) is 5.69 Å². The summed E-state index contributed by atoms with van der Waals surface area (Å²) >= 11 is 0. The van der Waals surface area contributed by atoms with Crippen molar-refractivity contribution in [2.75, 3.05) is 11.9 Å². The number of hydrogen-bond acceptors (Lipinski definition) is 3. The molecule has 0 saturated carbocycles. The quantitative estimate of drug-likeness (QED) is 0.784. The second-order valence-corrected chi connectivity index (χ2v) is 3.75. The lowest BCUT2D eigenvalue weighted by molar-refractivity contribution is -0.143. The first-order valence-corrected chi connectivity index (χ1v) is 5.52. The van der Waals surface area contributed by atoms with Crippen molar-refractivity contribution in [2.45, 2.75) is 19.4 Å². The Kier molecular flexibility index (Phi) is 3.27. The van der Waals surface area contributed by atoms with Crippen LogP contribution in [-0.2, 0) is 9.53 Å². The number of esters is 1. The SMILES string of the molecule is CCOC(=O)CC1NC(=O)Nc2ccccc21. The lowest BCUT2D eigenvalue weighted by Crippen LogP contribution is -2.38. The highest BCUT2D eigenvalue weighted by Gasteiger charge is 2.25. The predicted molar refractivity (Wildman–Crippen MR) is 62.6 cm³/mol. The van der Waals surface area contributed by atoms with Crippen LogP contribution in [0.4, 0.5) is 10.5 Å². The zero-order valence-electron chi connectivity index (χ0n) is 9.53. The molecule has 0 aromatic heterocycles. The van der Waals surface area contributed by atoms with Crippen LogP contribution in [0.5, 0.6) is 0 Å². The zero-order chi connectivity index (χ0) is 12.3. The molecule has 0 aliphatic carbocycles. The molecular weight excluding hydrogens is 220 g/mol. The van der Waals surface area contributed by atoms with E-state index in [-0.39, 0.29) is 24.5 Å². The van der Waals surface area contributed by atoms with Gasteiger partial charge in [0.2, 0.25) is 0 Å². The van der Waals surface area contributed by atoms with E-state index in [4.69, 9.17) is 4.74 Å². The average molecular weight is 234 g/mol. The standard InChI is InChI=1S/C12H14N2O3/c1-2-17-11(15)7-10-8-5-3-4-6-9(8)13-12(16)14-10/h3-6,10H,2,7H2,1H3,(H2,13,14,16). The minimum absolute atomic E-state index is 0.151. The largest absolute Gasteiger partial charge is 0.466 e. The molecule has 0 bridgehead atoms. The smallest absolute Gasteiger partial charge is 0.319 e. The summed E-state index contributed by atoms with van der Waals surface area (Å²) in [5.41, 5.74) is 1.64. The van der Waals surface area contributed by atoms with Crippen molar-refractivity contribution in [1.29, 1.82) is 0 Å². The number of urea groups is 1. The molecule has 1 atom stereocenters. The van der Waals surface area contributed by atoms with Gasteiger partial charge in [-0.25, -0.2) is 4.79 Å². The Morgan fingerprint density at radius 3 is 2.94 bits per heavy atom. The van der Waals surface area contributed by atoms with Crippen LogP contribution >= 0.6 is 0 Å². The van der Waals surface area contributed by atoms with Crippen molar-refractivity contribution in [1.82, 2.24) is 5.32 Å². The van der Waals surface area contributed by atoms with Gasteiger partial charge in [-0.05, 0) is 18.6 Å². The minimum atomic E-state index is -0.320. The normalized spacial score (nSPS) is 17.7. The van der Waals surface area contributed by atoms with E-state index in [1.807, 2.05) is 24.3 Å². The summed E-state index contributed by atoms with van der Waals surface area (Å²) in [6.45, 7) is 2.10. The Morgan fingerprint density at radius 2 is 2.18 bits per heavy atom. The Labute approximate surface area is 99.2 Å². The van der Waals surface area contributed by atoms with Gasteiger partial charge in [0.15, 0.2) is 0 Å². The number of hydrogen-bond donors (Lipinski definition) is 2. The molecule has 5 heteroatoms. The Balaban J connectivity index is 2.18. The van der Waals surface area contributed by atoms with Gasteiger partial charge in [-0.3, -0.25) is 4.79 Å². The molecular formula is C12H14N2O3. The predicted octanol–water partition coefficient (Wildman–Crippen LogP) is 1.82. The van der Waals surface area contributed by atoms with E-state index in [0.29, 0.717) is 6.61 Å². The third-order valence-corrected chi connectivity index (χ3v) is 2.57. The van der Waals surface area contributed by atoms with Gasteiger partial charge < -0.3 is 15.4 Å². The molecule has 2 N–H and O–H groups in total. The van der Waals surface area contributed by atoms with Crippen molar-refractivity contribution in [3.05, 3.63) is 29.8 Å². The van der Waals surface area contributed by atoms with Gasteiger partial charge in [0.1, 0.15) is 0 Å². The Morgan fingerprint density at radius 1 is 1.41 bits per heavy atom. The second kappa shape index (κ2) is 4.86. The third kappa shape index (κ3) is 2.55. The molecule has 1 aromatic rings. The minimum Gasteiger partial charge on any atom is -0.466 e. The fourth-order valence-corrected chi connectivity index (χ4v) is 1.86. The van der Waals surface area contributed by atoms with Crippen LogP contribution in [0.15, 0.2) is 24.3 Å². The molecule has 0 spiro atoms. The molecule has 2 amide bonds. The molecule has 0 saturated heterocycles. The van der Waals surface area contributed by atoms with Crippen molar-refractivity contribution in [2.24, 2.45) is 0 Å². The van der Waals surface area contributed by atoms with Gasteiger partial charge in [-0.1, -0.05) is 18.2 Å². The molecule has 0 fully saturated rings. The number of nitrogens with one attached hydrogen (secondary N) is 2. The lowest BCUT2D eigenvalue weighted by atomic mass is 10.00. The second-order valence-electron chi connectivity index (χ2n) is 3.75. The van der Waals surface area contributed by atoms with Gasteiger partial charge in [0.05, 0.1) is 19.1 Å². The summed E-state index contributed by atoms with van der Waals surface area (Å²) in [6, 6.07) is 6.79. The molecule has 17 heavy (non-hydrogen) atoms. The van der Waals surface area contributed by atoms with E-state index in [0.717, 1.165) is 11.3 Å². The van der Waals surface area contributed by atoms with Crippen molar-refractivity contribution in [3.8, 4) is 0 Å². The monoisotopic (exact) mass is 234 g/mol. The first-order valence-electron chi connectivity index (χ1n) is 5.52. The van der Waals surface area contributed by atoms with E-state index >= 15 is 0 Å². The van der Waals surface area contributed by atoms with Crippen LogP contribution in [0.25, 0.3) is 0 Å². The van der Waals surface area contributed by atoms with Crippen LogP contribution in [0, 0.1) is 0 Å². The molecule has 90 valence electrons. The third-order valence-electron chi connectivity index (χ3n) is 2.57.